The van der Waals surface area contributed by atoms with E-state index in [-0.39, 0.29) is 18.1 Å². The van der Waals surface area contributed by atoms with Crippen molar-refractivity contribution in [3.8, 4) is 0 Å². The van der Waals surface area contributed by atoms with Crippen LogP contribution in [0, 0.1) is 0 Å². The molecule has 18 heavy (non-hydrogen) atoms. The van der Waals surface area contributed by atoms with Crippen molar-refractivity contribution in [1.29, 1.82) is 0 Å². The van der Waals surface area contributed by atoms with Crippen LogP contribution < -0.4 is 5.73 Å². The van der Waals surface area contributed by atoms with Gasteiger partial charge in [-0.1, -0.05) is 19.1 Å². The summed E-state index contributed by atoms with van der Waals surface area (Å²) in [5.41, 5.74) is 6.57. The molecule has 0 aliphatic heterocycles. The Balaban J connectivity index is 3.17. The summed E-state index contributed by atoms with van der Waals surface area (Å²) in [6.45, 7) is 3.91. The average molecular weight is 271 g/mol. The normalized spacial score (nSPS) is 17.2. The summed E-state index contributed by atoms with van der Waals surface area (Å²) in [4.78, 5) is 0.294. The monoisotopic (exact) mass is 271 g/mol. The van der Waals surface area contributed by atoms with Gasteiger partial charge in [-0.25, -0.2) is 8.42 Å². The molecule has 4 nitrogen and oxygen atoms in total. The average Bonchev–Trinajstić information content (AvgIpc) is 2.28. The van der Waals surface area contributed by atoms with Crippen molar-refractivity contribution in [3.05, 3.63) is 29.8 Å². The lowest BCUT2D eigenvalue weighted by atomic mass is 9.74. The van der Waals surface area contributed by atoms with Gasteiger partial charge in [0.1, 0.15) is 0 Å². The van der Waals surface area contributed by atoms with E-state index in [4.69, 9.17) is 10.8 Å². The van der Waals surface area contributed by atoms with Gasteiger partial charge in [-0.05, 0) is 31.0 Å². The minimum Gasteiger partial charge on any atom is -0.396 e. The lowest BCUT2D eigenvalue weighted by Gasteiger charge is -2.33. The van der Waals surface area contributed by atoms with Gasteiger partial charge in [0.25, 0.3) is 0 Å². The summed E-state index contributed by atoms with van der Waals surface area (Å²) in [5, 5.41) is 9.14. The maximum absolute atomic E-state index is 11.4. The third-order valence-corrected chi connectivity index (χ3v) is 4.71. The quantitative estimate of drug-likeness (QED) is 0.839. The lowest BCUT2D eigenvalue weighted by molar-refractivity contribution is 0.229. The summed E-state index contributed by atoms with van der Waals surface area (Å²) in [6, 6.07) is 6.59. The zero-order chi connectivity index (χ0) is 14.0. The molecule has 1 rings (SSSR count). The fraction of sp³-hybridized carbons (Fsp3) is 0.538. The predicted octanol–water partition coefficient (Wildman–Crippen LogP) is 1.08. The van der Waals surface area contributed by atoms with E-state index in [1.165, 1.54) is 6.26 Å². The Morgan fingerprint density at radius 1 is 1.33 bits per heavy atom. The van der Waals surface area contributed by atoms with Crippen LogP contribution in [0.15, 0.2) is 29.2 Å². The molecule has 1 aromatic rings. The van der Waals surface area contributed by atoms with Crippen LogP contribution in [-0.4, -0.2) is 32.4 Å². The largest absolute Gasteiger partial charge is 0.396 e. The Kier molecular flexibility index (Phi) is 4.53. The zero-order valence-electron chi connectivity index (χ0n) is 11.1. The van der Waals surface area contributed by atoms with Crippen LogP contribution in [0.25, 0.3) is 0 Å². The fourth-order valence-electron chi connectivity index (χ4n) is 1.95. The van der Waals surface area contributed by atoms with Gasteiger partial charge in [0.2, 0.25) is 0 Å². The van der Waals surface area contributed by atoms with Gasteiger partial charge >= 0.3 is 0 Å². The molecule has 3 N–H and O–H groups in total. The molecule has 2 atom stereocenters. The molecule has 0 aromatic heterocycles. The van der Waals surface area contributed by atoms with Crippen LogP contribution in [0.3, 0.4) is 0 Å². The predicted molar refractivity (Wildman–Crippen MR) is 72.3 cm³/mol. The van der Waals surface area contributed by atoms with Crippen molar-refractivity contribution < 1.29 is 13.5 Å². The summed E-state index contributed by atoms with van der Waals surface area (Å²) in [5.74, 6) is 0. The molecule has 102 valence electrons. The van der Waals surface area contributed by atoms with Gasteiger partial charge in [-0.3, -0.25) is 0 Å². The Hall–Kier alpha value is -0.910. The van der Waals surface area contributed by atoms with Crippen LogP contribution >= 0.6 is 0 Å². The van der Waals surface area contributed by atoms with Gasteiger partial charge in [-0.15, -0.1) is 0 Å². The topological polar surface area (TPSA) is 80.4 Å². The number of nitrogens with two attached hydrogens (primary N) is 1. The highest BCUT2D eigenvalue weighted by molar-refractivity contribution is 7.90. The molecule has 0 bridgehead atoms. The Bertz CT molecular complexity index is 493. The molecular weight excluding hydrogens is 250 g/mol. The molecule has 0 saturated heterocycles. The van der Waals surface area contributed by atoms with E-state index in [0.717, 1.165) is 5.56 Å². The van der Waals surface area contributed by atoms with Gasteiger partial charge in [-0.2, -0.15) is 0 Å². The number of hydrogen-bond acceptors (Lipinski definition) is 4. The molecule has 5 heteroatoms. The summed E-state index contributed by atoms with van der Waals surface area (Å²) >= 11 is 0. The van der Waals surface area contributed by atoms with E-state index in [2.05, 4.69) is 0 Å². The number of hydrogen-bond donors (Lipinski definition) is 2. The van der Waals surface area contributed by atoms with Crippen molar-refractivity contribution >= 4 is 9.84 Å². The molecule has 1 aromatic carbocycles. The van der Waals surface area contributed by atoms with E-state index in [1.54, 1.807) is 24.3 Å². The first-order valence-corrected chi connectivity index (χ1v) is 7.78. The van der Waals surface area contributed by atoms with Crippen LogP contribution in [-0.2, 0) is 15.3 Å². The maximum Gasteiger partial charge on any atom is 0.175 e. The molecule has 0 spiro atoms. The lowest BCUT2D eigenvalue weighted by Crippen LogP contribution is -2.41. The smallest absolute Gasteiger partial charge is 0.175 e. The Morgan fingerprint density at radius 3 is 2.17 bits per heavy atom. The minimum absolute atomic E-state index is 0.0475. The van der Waals surface area contributed by atoms with Crippen LogP contribution in [0.5, 0.6) is 0 Å². The second kappa shape index (κ2) is 5.38. The van der Waals surface area contributed by atoms with Gasteiger partial charge in [0, 0.05) is 24.3 Å². The number of aliphatic hydroxyl groups excluding tert-OH is 1. The zero-order valence-corrected chi connectivity index (χ0v) is 11.9. The van der Waals surface area contributed by atoms with Crippen LogP contribution in [0.2, 0.25) is 0 Å². The van der Waals surface area contributed by atoms with E-state index in [0.29, 0.717) is 11.3 Å². The Labute approximate surface area is 109 Å². The molecule has 0 saturated carbocycles. The second-order valence-corrected chi connectivity index (χ2v) is 6.99. The standard InChI is InChI=1S/C13H21NO3S/c1-10(14)13(2,8-9-15)11-4-6-12(7-5-11)18(3,16)17/h4-7,10,15H,8-9,14H2,1-3H3. The fourth-order valence-corrected chi connectivity index (χ4v) is 2.58. The molecule has 2 unspecified atom stereocenters. The molecule has 0 radical (unpaired) electrons. The highest BCUT2D eigenvalue weighted by Crippen LogP contribution is 2.30. The van der Waals surface area contributed by atoms with Gasteiger partial charge in [0.15, 0.2) is 9.84 Å². The third kappa shape index (κ3) is 3.10. The van der Waals surface area contributed by atoms with Crippen molar-refractivity contribution in [1.82, 2.24) is 0 Å². The molecule has 0 amide bonds. The van der Waals surface area contributed by atoms with Crippen LogP contribution in [0.1, 0.15) is 25.8 Å². The molecule has 0 aliphatic carbocycles. The first-order chi connectivity index (χ1) is 8.21. The van der Waals surface area contributed by atoms with Gasteiger partial charge in [0.05, 0.1) is 4.90 Å². The number of rotatable bonds is 5. The van der Waals surface area contributed by atoms with Crippen molar-refractivity contribution in [2.45, 2.75) is 36.6 Å². The highest BCUT2D eigenvalue weighted by Gasteiger charge is 2.30. The summed E-state index contributed by atoms with van der Waals surface area (Å²) in [6.07, 6.45) is 1.73. The second-order valence-electron chi connectivity index (χ2n) is 4.98. The molecule has 0 aliphatic rings. The Morgan fingerprint density at radius 2 is 1.83 bits per heavy atom. The van der Waals surface area contributed by atoms with E-state index < -0.39 is 9.84 Å². The number of aliphatic hydroxyl groups is 1. The molecule has 0 heterocycles. The van der Waals surface area contributed by atoms with Crippen molar-refractivity contribution in [2.75, 3.05) is 12.9 Å². The number of sulfone groups is 1. The first-order valence-electron chi connectivity index (χ1n) is 5.89. The first kappa shape index (κ1) is 15.1. The highest BCUT2D eigenvalue weighted by atomic mass is 32.2. The molecule has 0 fully saturated rings. The van der Waals surface area contributed by atoms with Crippen molar-refractivity contribution in [2.24, 2.45) is 5.73 Å². The summed E-state index contributed by atoms with van der Waals surface area (Å²) < 4.78 is 22.8. The van der Waals surface area contributed by atoms with Crippen LogP contribution in [0.4, 0.5) is 0 Å². The van der Waals surface area contributed by atoms with Gasteiger partial charge < -0.3 is 10.8 Å². The van der Waals surface area contributed by atoms with E-state index in [9.17, 15) is 8.42 Å². The maximum atomic E-state index is 11.4. The summed E-state index contributed by atoms with van der Waals surface area (Å²) in [7, 11) is -3.18. The third-order valence-electron chi connectivity index (χ3n) is 3.58. The minimum atomic E-state index is -3.18. The van der Waals surface area contributed by atoms with E-state index >= 15 is 0 Å². The number of benzene rings is 1. The SMILES string of the molecule is CC(N)C(C)(CCO)c1ccc(S(C)(=O)=O)cc1. The van der Waals surface area contributed by atoms with Crippen molar-refractivity contribution in [3.63, 3.8) is 0 Å². The van der Waals surface area contributed by atoms with E-state index in [1.807, 2.05) is 13.8 Å². The molecular formula is C13H21NO3S.